The van der Waals surface area contributed by atoms with Crippen LogP contribution in [-0.2, 0) is 4.74 Å². The number of carbonyl (C=O) groups is 1. The fourth-order valence-corrected chi connectivity index (χ4v) is 4.00. The van der Waals surface area contributed by atoms with Gasteiger partial charge in [0.1, 0.15) is 5.60 Å². The lowest BCUT2D eigenvalue weighted by atomic mass is 10.1. The van der Waals surface area contributed by atoms with Gasteiger partial charge >= 0.3 is 6.09 Å². The smallest absolute Gasteiger partial charge is 0.410 e. The summed E-state index contributed by atoms with van der Waals surface area (Å²) in [6.07, 6.45) is 0.851. The predicted molar refractivity (Wildman–Crippen MR) is 104 cm³/mol. The second-order valence-corrected chi connectivity index (χ2v) is 8.24. The van der Waals surface area contributed by atoms with Crippen LogP contribution in [-0.4, -0.2) is 41.8 Å². The summed E-state index contributed by atoms with van der Waals surface area (Å²) in [5.41, 5.74) is 3.26. The van der Waals surface area contributed by atoms with E-state index in [9.17, 15) is 4.79 Å². The molecule has 2 aromatic rings. The van der Waals surface area contributed by atoms with Gasteiger partial charge < -0.3 is 14.5 Å². The van der Waals surface area contributed by atoms with Crippen LogP contribution in [0.25, 0.3) is 11.1 Å². The van der Waals surface area contributed by atoms with E-state index >= 15 is 0 Å². The molecule has 26 heavy (non-hydrogen) atoms. The molecule has 0 aromatic heterocycles. The van der Waals surface area contributed by atoms with Crippen molar-refractivity contribution in [3.63, 3.8) is 0 Å². The fourth-order valence-electron chi connectivity index (χ4n) is 4.00. The lowest BCUT2D eigenvalue weighted by molar-refractivity contribution is 0.0215. The first-order valence-electron chi connectivity index (χ1n) is 9.32. The molecule has 0 aliphatic carbocycles. The number of fused-ring (bicyclic) bond motifs is 2. The van der Waals surface area contributed by atoms with Crippen molar-refractivity contribution in [2.45, 2.75) is 44.9 Å². The van der Waals surface area contributed by atoms with Gasteiger partial charge in [-0.3, -0.25) is 0 Å². The number of piperazine rings is 1. The maximum absolute atomic E-state index is 12.4. The van der Waals surface area contributed by atoms with E-state index in [-0.39, 0.29) is 12.1 Å². The molecule has 2 atom stereocenters. The van der Waals surface area contributed by atoms with E-state index in [0.29, 0.717) is 6.04 Å². The Morgan fingerprint density at radius 1 is 0.923 bits per heavy atom. The van der Waals surface area contributed by atoms with Crippen LogP contribution in [0, 0.1) is 0 Å². The van der Waals surface area contributed by atoms with E-state index in [4.69, 9.17) is 4.74 Å². The van der Waals surface area contributed by atoms with Crippen LogP contribution >= 0.6 is 0 Å². The monoisotopic (exact) mass is 350 g/mol. The van der Waals surface area contributed by atoms with Gasteiger partial charge in [0.05, 0.1) is 6.04 Å². The minimum atomic E-state index is -0.439. The maximum Gasteiger partial charge on any atom is 0.410 e. The first-order valence-corrected chi connectivity index (χ1v) is 9.32. The van der Waals surface area contributed by atoms with Crippen molar-refractivity contribution in [2.24, 2.45) is 0 Å². The van der Waals surface area contributed by atoms with E-state index in [1.165, 1.54) is 16.8 Å². The highest BCUT2D eigenvalue weighted by Crippen LogP contribution is 2.36. The molecule has 4 nitrogen and oxygen atoms in total. The van der Waals surface area contributed by atoms with Gasteiger partial charge in [0, 0.05) is 24.8 Å². The molecule has 0 radical (unpaired) electrons. The number of hydrogen-bond donors (Lipinski definition) is 0. The van der Waals surface area contributed by atoms with Crippen LogP contribution in [0.5, 0.6) is 0 Å². The minimum absolute atomic E-state index is 0.177. The molecule has 2 saturated heterocycles. The van der Waals surface area contributed by atoms with Crippen LogP contribution in [0.2, 0.25) is 0 Å². The number of nitrogens with zero attached hydrogens (tertiary/aromatic N) is 2. The van der Waals surface area contributed by atoms with Gasteiger partial charge in [-0.2, -0.15) is 0 Å². The predicted octanol–water partition coefficient (Wildman–Crippen LogP) is 4.55. The highest BCUT2D eigenvalue weighted by atomic mass is 16.6. The Labute approximate surface area is 155 Å². The van der Waals surface area contributed by atoms with Gasteiger partial charge in [-0.25, -0.2) is 4.79 Å². The summed E-state index contributed by atoms with van der Waals surface area (Å²) in [4.78, 5) is 16.7. The number of benzene rings is 2. The largest absolute Gasteiger partial charge is 0.444 e. The van der Waals surface area contributed by atoms with Crippen LogP contribution in [0.3, 0.4) is 0 Å². The van der Waals surface area contributed by atoms with Crippen LogP contribution < -0.4 is 4.90 Å². The molecule has 4 rings (SSSR count). The lowest BCUT2D eigenvalue weighted by Gasteiger charge is -2.36. The minimum Gasteiger partial charge on any atom is -0.444 e. The Hall–Kier alpha value is -2.49. The van der Waals surface area contributed by atoms with Gasteiger partial charge in [0.2, 0.25) is 0 Å². The molecule has 0 N–H and O–H groups in total. The van der Waals surface area contributed by atoms with E-state index < -0.39 is 5.60 Å². The molecule has 2 aromatic carbocycles. The summed E-state index contributed by atoms with van der Waals surface area (Å²) in [6, 6.07) is 19.8. The molecule has 136 valence electrons. The second kappa shape index (κ2) is 6.35. The quantitative estimate of drug-likeness (QED) is 0.796. The standard InChI is InChI=1S/C22H26N2O2/c1-22(2,3)26-21(25)24-15-19-13-20(24)14-23(19)18-11-9-17(10-12-18)16-7-5-4-6-8-16/h4-12,19-20H,13-15H2,1-3H3. The highest BCUT2D eigenvalue weighted by molar-refractivity contribution is 5.71. The third-order valence-electron chi connectivity index (χ3n) is 5.17. The zero-order valence-electron chi connectivity index (χ0n) is 15.7. The summed E-state index contributed by atoms with van der Waals surface area (Å²) in [5, 5.41) is 0. The fraction of sp³-hybridized carbons (Fsp3) is 0.409. The van der Waals surface area contributed by atoms with E-state index in [0.717, 1.165) is 19.5 Å². The van der Waals surface area contributed by atoms with Crippen molar-refractivity contribution < 1.29 is 9.53 Å². The number of carbonyl (C=O) groups excluding carboxylic acids is 1. The van der Waals surface area contributed by atoms with E-state index in [1.54, 1.807) is 0 Å². The molecule has 1 amide bonds. The molecule has 2 heterocycles. The molecule has 2 aliphatic heterocycles. The van der Waals surface area contributed by atoms with Crippen molar-refractivity contribution >= 4 is 11.8 Å². The van der Waals surface area contributed by atoms with E-state index in [2.05, 4.69) is 53.4 Å². The summed E-state index contributed by atoms with van der Waals surface area (Å²) in [6.45, 7) is 7.38. The van der Waals surface area contributed by atoms with Crippen molar-refractivity contribution in [3.8, 4) is 11.1 Å². The summed E-state index contributed by atoms with van der Waals surface area (Å²) in [5.74, 6) is 0. The second-order valence-electron chi connectivity index (χ2n) is 8.24. The average molecular weight is 350 g/mol. The molecule has 4 heteroatoms. The molecule has 0 saturated carbocycles. The average Bonchev–Trinajstić information content (AvgIpc) is 3.22. The van der Waals surface area contributed by atoms with Gasteiger partial charge in [0.25, 0.3) is 0 Å². The number of amides is 1. The van der Waals surface area contributed by atoms with Crippen molar-refractivity contribution in [1.82, 2.24) is 4.90 Å². The Balaban J connectivity index is 1.43. The molecule has 2 unspecified atom stereocenters. The SMILES string of the molecule is CC(C)(C)OC(=O)N1CC2CC1CN2c1ccc(-c2ccccc2)cc1. The molecular formula is C22H26N2O2. The third kappa shape index (κ3) is 3.28. The Kier molecular flexibility index (Phi) is 4.14. The Morgan fingerprint density at radius 3 is 2.15 bits per heavy atom. The van der Waals surface area contributed by atoms with Gasteiger partial charge in [-0.1, -0.05) is 42.5 Å². The lowest BCUT2D eigenvalue weighted by Crippen LogP contribution is -2.50. The molecular weight excluding hydrogens is 324 g/mol. The first-order chi connectivity index (χ1) is 12.4. The summed E-state index contributed by atoms with van der Waals surface area (Å²) in [7, 11) is 0. The number of ether oxygens (including phenoxy) is 1. The van der Waals surface area contributed by atoms with Crippen molar-refractivity contribution in [1.29, 1.82) is 0 Å². The molecule has 2 bridgehead atoms. The van der Waals surface area contributed by atoms with Crippen LogP contribution in [0.4, 0.5) is 10.5 Å². The van der Waals surface area contributed by atoms with Crippen LogP contribution in [0.15, 0.2) is 54.6 Å². The Morgan fingerprint density at radius 2 is 1.58 bits per heavy atom. The van der Waals surface area contributed by atoms with Gasteiger partial charge in [-0.15, -0.1) is 0 Å². The Bertz CT molecular complexity index is 780. The maximum atomic E-state index is 12.4. The van der Waals surface area contributed by atoms with Gasteiger partial charge in [0.15, 0.2) is 0 Å². The summed E-state index contributed by atoms with van der Waals surface area (Å²) < 4.78 is 5.55. The normalized spacial score (nSPS) is 22.0. The zero-order chi connectivity index (χ0) is 18.3. The molecule has 2 fully saturated rings. The number of rotatable bonds is 2. The number of hydrogen-bond acceptors (Lipinski definition) is 3. The van der Waals surface area contributed by atoms with Crippen LogP contribution in [0.1, 0.15) is 27.2 Å². The molecule has 0 spiro atoms. The summed E-state index contributed by atoms with van der Waals surface area (Å²) >= 11 is 0. The van der Waals surface area contributed by atoms with E-state index in [1.807, 2.05) is 31.7 Å². The first kappa shape index (κ1) is 17.0. The van der Waals surface area contributed by atoms with Crippen molar-refractivity contribution in [2.75, 3.05) is 18.0 Å². The topological polar surface area (TPSA) is 32.8 Å². The zero-order valence-corrected chi connectivity index (χ0v) is 15.7. The number of anilines is 1. The highest BCUT2D eigenvalue weighted by Gasteiger charge is 2.46. The van der Waals surface area contributed by atoms with Gasteiger partial charge in [-0.05, 0) is 50.5 Å². The number of likely N-dealkylation sites (tertiary alicyclic amines) is 1. The third-order valence-corrected chi connectivity index (χ3v) is 5.17. The van der Waals surface area contributed by atoms with Crippen molar-refractivity contribution in [3.05, 3.63) is 54.6 Å². The molecule has 2 aliphatic rings.